The Bertz CT molecular complexity index is 950. The Morgan fingerprint density at radius 2 is 2.17 bits per heavy atom. The van der Waals surface area contributed by atoms with Crippen LogP contribution in [0.5, 0.6) is 0 Å². The summed E-state index contributed by atoms with van der Waals surface area (Å²) in [5.41, 5.74) is 6.50. The minimum absolute atomic E-state index is 0.202. The van der Waals surface area contributed by atoms with Crippen LogP contribution in [0.3, 0.4) is 0 Å². The molecule has 0 amide bonds. The van der Waals surface area contributed by atoms with Gasteiger partial charge in [-0.25, -0.2) is 0 Å². The van der Waals surface area contributed by atoms with Crippen LogP contribution in [0.1, 0.15) is 17.5 Å². The molecule has 3 rings (SSSR count). The molecule has 0 unspecified atom stereocenters. The normalized spacial score (nSPS) is 16.2. The van der Waals surface area contributed by atoms with E-state index in [1.165, 1.54) is 29.0 Å². The molecule has 2 N–H and O–H groups in total. The van der Waals surface area contributed by atoms with Crippen molar-refractivity contribution in [1.82, 2.24) is 14.6 Å². The van der Waals surface area contributed by atoms with Gasteiger partial charge in [-0.05, 0) is 30.2 Å². The third-order valence-corrected chi connectivity index (χ3v) is 4.39. The van der Waals surface area contributed by atoms with Gasteiger partial charge in [-0.2, -0.15) is 14.6 Å². The zero-order chi connectivity index (χ0) is 16.6. The maximum Gasteiger partial charge on any atom is 0.283 e. The minimum Gasteiger partial charge on any atom is -0.493 e. The number of hydrogen-bond acceptors (Lipinski definition) is 7. The Kier molecular flexibility index (Phi) is 3.83. The fourth-order valence-corrected chi connectivity index (χ4v) is 2.97. The van der Waals surface area contributed by atoms with Crippen LogP contribution >= 0.6 is 11.3 Å². The maximum atomic E-state index is 12.2. The second-order valence-electron chi connectivity index (χ2n) is 4.81. The van der Waals surface area contributed by atoms with Crippen LogP contribution in [0.15, 0.2) is 34.4 Å². The predicted molar refractivity (Wildman–Crippen MR) is 88.1 cm³/mol. The van der Waals surface area contributed by atoms with Gasteiger partial charge in [-0.15, -0.1) is 0 Å². The SMILES string of the molecule is CCc1nn2c(N)c(C=C3C=CC(=O)C(OC)=C3)c(=O)nc2s1. The van der Waals surface area contributed by atoms with Crippen molar-refractivity contribution >= 4 is 34.0 Å². The molecule has 1 aliphatic rings. The van der Waals surface area contributed by atoms with Gasteiger partial charge in [0.2, 0.25) is 10.7 Å². The van der Waals surface area contributed by atoms with E-state index in [0.717, 1.165) is 11.4 Å². The van der Waals surface area contributed by atoms with Crippen LogP contribution in [-0.4, -0.2) is 27.5 Å². The number of allylic oxidation sites excluding steroid dienone is 4. The van der Waals surface area contributed by atoms with E-state index in [0.29, 0.717) is 10.5 Å². The highest BCUT2D eigenvalue weighted by Gasteiger charge is 2.15. The molecule has 2 aromatic heterocycles. The summed E-state index contributed by atoms with van der Waals surface area (Å²) in [6, 6.07) is 0. The molecule has 0 spiro atoms. The largest absolute Gasteiger partial charge is 0.493 e. The summed E-state index contributed by atoms with van der Waals surface area (Å²) >= 11 is 1.33. The van der Waals surface area contributed by atoms with Gasteiger partial charge in [0.1, 0.15) is 10.8 Å². The Morgan fingerprint density at radius 3 is 2.87 bits per heavy atom. The Hall–Kier alpha value is -2.74. The lowest BCUT2D eigenvalue weighted by molar-refractivity contribution is -0.114. The van der Waals surface area contributed by atoms with Crippen LogP contribution in [0.25, 0.3) is 11.0 Å². The molecule has 0 bridgehead atoms. The van der Waals surface area contributed by atoms with Gasteiger partial charge in [0.15, 0.2) is 5.76 Å². The third kappa shape index (κ3) is 2.68. The lowest BCUT2D eigenvalue weighted by atomic mass is 10.0. The highest BCUT2D eigenvalue weighted by atomic mass is 32.1. The summed E-state index contributed by atoms with van der Waals surface area (Å²) in [4.78, 5) is 28.3. The summed E-state index contributed by atoms with van der Waals surface area (Å²) in [7, 11) is 1.42. The van der Waals surface area contributed by atoms with E-state index in [1.807, 2.05) is 6.92 Å². The number of carbonyl (C=O) groups is 1. The van der Waals surface area contributed by atoms with Gasteiger partial charge in [0, 0.05) is 0 Å². The van der Waals surface area contributed by atoms with Crippen molar-refractivity contribution in [3.63, 3.8) is 0 Å². The first-order chi connectivity index (χ1) is 11.0. The van der Waals surface area contributed by atoms with E-state index >= 15 is 0 Å². The Labute approximate surface area is 135 Å². The Balaban J connectivity index is 2.15. The predicted octanol–water partition coefficient (Wildman–Crippen LogP) is 1.35. The molecule has 0 atom stereocenters. The number of aromatic nitrogens is 3. The van der Waals surface area contributed by atoms with Crippen LogP contribution < -0.4 is 11.3 Å². The molecule has 0 radical (unpaired) electrons. The number of nitrogen functional groups attached to an aromatic ring is 1. The summed E-state index contributed by atoms with van der Waals surface area (Å²) in [6.45, 7) is 1.97. The number of ketones is 1. The van der Waals surface area contributed by atoms with E-state index < -0.39 is 5.56 Å². The molecule has 2 aromatic rings. The van der Waals surface area contributed by atoms with E-state index in [9.17, 15) is 9.59 Å². The van der Waals surface area contributed by atoms with E-state index in [2.05, 4.69) is 10.1 Å². The highest BCUT2D eigenvalue weighted by Crippen LogP contribution is 2.21. The van der Waals surface area contributed by atoms with E-state index in [4.69, 9.17) is 10.5 Å². The van der Waals surface area contributed by atoms with Crippen LogP contribution in [0.4, 0.5) is 5.82 Å². The molecular formula is C15H14N4O3S. The zero-order valence-corrected chi connectivity index (χ0v) is 13.4. The fraction of sp³-hybridized carbons (Fsp3) is 0.200. The monoisotopic (exact) mass is 330 g/mol. The Morgan fingerprint density at radius 1 is 1.39 bits per heavy atom. The summed E-state index contributed by atoms with van der Waals surface area (Å²) in [5, 5.41) is 5.18. The number of ether oxygens (including phenoxy) is 1. The number of aryl methyl sites for hydroxylation is 1. The third-order valence-electron chi connectivity index (χ3n) is 3.33. The first-order valence-electron chi connectivity index (χ1n) is 6.91. The van der Waals surface area contributed by atoms with Crippen molar-refractivity contribution < 1.29 is 9.53 Å². The van der Waals surface area contributed by atoms with E-state index in [-0.39, 0.29) is 22.9 Å². The number of methoxy groups -OCH3 is 1. The minimum atomic E-state index is -0.432. The first kappa shape index (κ1) is 15.2. The van der Waals surface area contributed by atoms with Gasteiger partial charge < -0.3 is 10.5 Å². The number of nitrogens with zero attached hydrogens (tertiary/aromatic N) is 3. The first-order valence-corrected chi connectivity index (χ1v) is 7.73. The number of rotatable bonds is 3. The van der Waals surface area contributed by atoms with Crippen molar-refractivity contribution in [2.75, 3.05) is 12.8 Å². The number of anilines is 1. The molecule has 23 heavy (non-hydrogen) atoms. The fourth-order valence-electron chi connectivity index (χ4n) is 2.14. The second-order valence-corrected chi connectivity index (χ2v) is 5.85. The molecule has 2 heterocycles. The van der Waals surface area contributed by atoms with Crippen molar-refractivity contribution in [3.8, 4) is 0 Å². The topological polar surface area (TPSA) is 99.6 Å². The van der Waals surface area contributed by atoms with Gasteiger partial charge in [0.25, 0.3) is 5.56 Å². The average Bonchev–Trinajstić information content (AvgIpc) is 2.96. The number of nitrogens with two attached hydrogens (primary N) is 1. The maximum absolute atomic E-state index is 12.2. The standard InChI is InChI=1S/C15H14N4O3S/c1-3-12-18-19-13(16)9(14(21)17-15(19)23-12)6-8-4-5-10(20)11(7-8)22-2/h4-7H,3,16H2,1-2H3. The van der Waals surface area contributed by atoms with Crippen LogP contribution in [0.2, 0.25) is 0 Å². The molecule has 7 nitrogen and oxygen atoms in total. The van der Waals surface area contributed by atoms with Crippen molar-refractivity contribution in [3.05, 3.63) is 50.5 Å². The molecule has 1 aliphatic carbocycles. The lowest BCUT2D eigenvalue weighted by Crippen LogP contribution is -2.17. The molecule has 118 valence electrons. The molecule has 0 saturated carbocycles. The van der Waals surface area contributed by atoms with Gasteiger partial charge in [-0.1, -0.05) is 24.3 Å². The summed E-state index contributed by atoms with van der Waals surface area (Å²) < 4.78 is 6.47. The molecular weight excluding hydrogens is 316 g/mol. The van der Waals surface area contributed by atoms with Crippen molar-refractivity contribution in [2.24, 2.45) is 0 Å². The molecule has 0 aliphatic heterocycles. The van der Waals surface area contributed by atoms with Gasteiger partial charge in [-0.3, -0.25) is 9.59 Å². The van der Waals surface area contributed by atoms with Crippen LogP contribution in [-0.2, 0) is 16.0 Å². The number of carbonyl (C=O) groups excluding carboxylic acids is 1. The van der Waals surface area contributed by atoms with Gasteiger partial charge in [0.05, 0.1) is 12.7 Å². The molecule has 0 fully saturated rings. The quantitative estimate of drug-likeness (QED) is 0.912. The second kappa shape index (κ2) is 5.81. The summed E-state index contributed by atoms with van der Waals surface area (Å²) in [5.74, 6) is 0.199. The van der Waals surface area contributed by atoms with Crippen molar-refractivity contribution in [1.29, 1.82) is 0 Å². The molecule has 0 saturated heterocycles. The summed E-state index contributed by atoms with van der Waals surface area (Å²) in [6.07, 6.45) is 6.83. The van der Waals surface area contributed by atoms with Crippen molar-refractivity contribution in [2.45, 2.75) is 13.3 Å². The smallest absolute Gasteiger partial charge is 0.283 e. The van der Waals surface area contributed by atoms with Crippen LogP contribution in [0, 0.1) is 0 Å². The number of fused-ring (bicyclic) bond motifs is 1. The highest BCUT2D eigenvalue weighted by molar-refractivity contribution is 7.16. The molecule has 8 heteroatoms. The zero-order valence-electron chi connectivity index (χ0n) is 12.6. The molecule has 0 aromatic carbocycles. The van der Waals surface area contributed by atoms with Gasteiger partial charge >= 0.3 is 0 Å². The average molecular weight is 330 g/mol. The lowest BCUT2D eigenvalue weighted by Gasteiger charge is -2.08. The van der Waals surface area contributed by atoms with E-state index in [1.54, 1.807) is 18.2 Å². The number of hydrogen-bond donors (Lipinski definition) is 1.